The summed E-state index contributed by atoms with van der Waals surface area (Å²) in [6.45, 7) is 1.80. The van der Waals surface area contributed by atoms with Crippen molar-refractivity contribution < 1.29 is 18.8 Å². The van der Waals surface area contributed by atoms with Crippen LogP contribution in [0.5, 0.6) is 0 Å². The van der Waals surface area contributed by atoms with E-state index >= 15 is 0 Å². The van der Waals surface area contributed by atoms with Crippen molar-refractivity contribution in [1.82, 2.24) is 0 Å². The quantitative estimate of drug-likeness (QED) is 0.664. The Labute approximate surface area is 71.5 Å². The minimum Gasteiger partial charge on any atom is -0.324 e. The molecule has 1 fully saturated rings. The second-order valence-electron chi connectivity index (χ2n) is 2.95. The molecule has 0 aliphatic heterocycles. The number of ketones is 1. The first-order valence-electron chi connectivity index (χ1n) is 4.04. The van der Waals surface area contributed by atoms with Crippen molar-refractivity contribution in [3.8, 4) is 0 Å². The van der Waals surface area contributed by atoms with E-state index in [0.29, 0.717) is 0 Å². The number of Topliss-reactive ketones (excluding diaryl/α,β-unsaturated/α-hetero) is 1. The summed E-state index contributed by atoms with van der Waals surface area (Å²) in [5.41, 5.74) is 0. The van der Waals surface area contributed by atoms with Gasteiger partial charge in [0, 0.05) is 5.92 Å². The highest BCUT2D eigenvalue weighted by molar-refractivity contribution is 7.53. The Hall–Kier alpha value is -0.180. The molecule has 0 aromatic carbocycles. The highest BCUT2D eigenvalue weighted by Crippen LogP contribution is 2.44. The molecule has 1 aliphatic rings. The number of hydrogen-bond donors (Lipinski definition) is 1. The lowest BCUT2D eigenvalue weighted by atomic mass is 10.3. The summed E-state index contributed by atoms with van der Waals surface area (Å²) in [5, 5.41) is 0. The summed E-state index contributed by atoms with van der Waals surface area (Å²) in [6.07, 6.45) is 1.42. The lowest BCUT2D eigenvalue weighted by molar-refractivity contribution is -0.118. The summed E-state index contributed by atoms with van der Waals surface area (Å²) in [4.78, 5) is 20.2. The maximum Gasteiger partial charge on any atom is 0.335 e. The first kappa shape index (κ1) is 9.90. The summed E-state index contributed by atoms with van der Waals surface area (Å²) < 4.78 is 15.6. The monoisotopic (exact) mass is 192 g/mol. The first-order valence-corrected chi connectivity index (χ1v) is 5.80. The van der Waals surface area contributed by atoms with Gasteiger partial charge in [-0.05, 0) is 19.8 Å². The molecule has 0 bridgehead atoms. The van der Waals surface area contributed by atoms with Crippen LogP contribution in [-0.2, 0) is 13.9 Å². The van der Waals surface area contributed by atoms with Gasteiger partial charge in [-0.25, -0.2) is 0 Å². The zero-order chi connectivity index (χ0) is 9.19. The van der Waals surface area contributed by atoms with Gasteiger partial charge in [-0.1, -0.05) is 0 Å². The molecule has 1 atom stereocenters. The van der Waals surface area contributed by atoms with E-state index in [-0.39, 0.29) is 24.5 Å². The van der Waals surface area contributed by atoms with Gasteiger partial charge in [0.2, 0.25) is 0 Å². The van der Waals surface area contributed by atoms with Crippen LogP contribution in [0.15, 0.2) is 0 Å². The van der Waals surface area contributed by atoms with E-state index in [4.69, 9.17) is 4.89 Å². The lowest BCUT2D eigenvalue weighted by Gasteiger charge is -2.08. The zero-order valence-electron chi connectivity index (χ0n) is 7.02. The van der Waals surface area contributed by atoms with Crippen LogP contribution < -0.4 is 0 Å². The van der Waals surface area contributed by atoms with E-state index in [0.717, 1.165) is 12.8 Å². The van der Waals surface area contributed by atoms with E-state index in [2.05, 4.69) is 4.52 Å². The second-order valence-corrected chi connectivity index (χ2v) is 4.80. The molecule has 1 aliphatic carbocycles. The molecule has 1 N–H and O–H groups in total. The number of hydrogen-bond acceptors (Lipinski definition) is 3. The largest absolute Gasteiger partial charge is 0.335 e. The molecule has 0 aromatic heterocycles. The first-order chi connectivity index (χ1) is 5.55. The fraction of sp³-hybridized carbons (Fsp3) is 0.857. The molecule has 0 spiro atoms. The van der Waals surface area contributed by atoms with Gasteiger partial charge in [-0.2, -0.15) is 0 Å². The lowest BCUT2D eigenvalue weighted by Crippen LogP contribution is -2.08. The van der Waals surface area contributed by atoms with Crippen LogP contribution in [0.1, 0.15) is 19.8 Å². The average Bonchev–Trinajstić information content (AvgIpc) is 2.65. The van der Waals surface area contributed by atoms with Crippen LogP contribution in [0.3, 0.4) is 0 Å². The van der Waals surface area contributed by atoms with Crippen LogP contribution in [0.2, 0.25) is 0 Å². The smallest absolute Gasteiger partial charge is 0.324 e. The van der Waals surface area contributed by atoms with E-state index < -0.39 is 7.60 Å². The summed E-state index contributed by atoms with van der Waals surface area (Å²) in [7, 11) is -3.61. The van der Waals surface area contributed by atoms with Crippen molar-refractivity contribution in [1.29, 1.82) is 0 Å². The molecule has 1 unspecified atom stereocenters. The molecular weight excluding hydrogens is 179 g/mol. The standard InChI is InChI=1S/C7H13O4P/c1-2-11-12(9,10)5-7(8)6-3-4-6/h6H,2-5H2,1H3,(H,9,10). The second kappa shape index (κ2) is 3.69. The Morgan fingerprint density at radius 1 is 1.67 bits per heavy atom. The normalized spacial score (nSPS) is 21.8. The van der Waals surface area contributed by atoms with Crippen LogP contribution in [0.25, 0.3) is 0 Å². The van der Waals surface area contributed by atoms with Gasteiger partial charge in [0.05, 0.1) is 6.61 Å². The molecule has 1 rings (SSSR count). The third-order valence-corrected chi connectivity index (χ3v) is 3.09. The summed E-state index contributed by atoms with van der Waals surface area (Å²) in [6, 6.07) is 0. The zero-order valence-corrected chi connectivity index (χ0v) is 7.92. The summed E-state index contributed by atoms with van der Waals surface area (Å²) in [5.74, 6) is -0.0970. The van der Waals surface area contributed by atoms with Gasteiger partial charge in [0.25, 0.3) is 0 Å². The Morgan fingerprint density at radius 2 is 2.25 bits per heavy atom. The molecule has 0 aromatic rings. The fourth-order valence-electron chi connectivity index (χ4n) is 0.979. The van der Waals surface area contributed by atoms with Crippen molar-refractivity contribution in [2.45, 2.75) is 19.8 Å². The van der Waals surface area contributed by atoms with Gasteiger partial charge in [-0.15, -0.1) is 0 Å². The molecular formula is C7H13O4P. The molecule has 1 saturated carbocycles. The minimum absolute atomic E-state index is 0.0333. The van der Waals surface area contributed by atoms with Crippen LogP contribution in [0.4, 0.5) is 0 Å². The Morgan fingerprint density at radius 3 is 2.67 bits per heavy atom. The molecule has 0 heterocycles. The van der Waals surface area contributed by atoms with Crippen molar-refractivity contribution in [3.63, 3.8) is 0 Å². The number of carbonyl (C=O) groups excluding carboxylic acids is 1. The Kier molecular flexibility index (Phi) is 3.04. The SMILES string of the molecule is CCOP(=O)(O)CC(=O)C1CC1. The van der Waals surface area contributed by atoms with Crippen molar-refractivity contribution >= 4 is 13.4 Å². The topological polar surface area (TPSA) is 63.6 Å². The molecule has 0 amide bonds. The highest BCUT2D eigenvalue weighted by atomic mass is 31.2. The molecule has 12 heavy (non-hydrogen) atoms. The van der Waals surface area contributed by atoms with Gasteiger partial charge in [0.15, 0.2) is 0 Å². The van der Waals surface area contributed by atoms with Gasteiger partial charge < -0.3 is 9.42 Å². The van der Waals surface area contributed by atoms with E-state index in [9.17, 15) is 9.36 Å². The Bertz CT molecular complexity index is 221. The molecule has 0 radical (unpaired) electrons. The molecule has 4 nitrogen and oxygen atoms in total. The van der Waals surface area contributed by atoms with Gasteiger partial charge in [-0.3, -0.25) is 9.36 Å². The molecule has 5 heteroatoms. The third kappa shape index (κ3) is 3.05. The average molecular weight is 192 g/mol. The van der Waals surface area contributed by atoms with Gasteiger partial charge in [0.1, 0.15) is 11.9 Å². The van der Waals surface area contributed by atoms with E-state index in [1.54, 1.807) is 6.92 Å². The van der Waals surface area contributed by atoms with Crippen molar-refractivity contribution in [2.75, 3.05) is 12.8 Å². The minimum atomic E-state index is -3.61. The van der Waals surface area contributed by atoms with Crippen LogP contribution in [0, 0.1) is 5.92 Å². The highest BCUT2D eigenvalue weighted by Gasteiger charge is 2.34. The fourth-order valence-corrected chi connectivity index (χ4v) is 2.13. The molecule has 0 saturated heterocycles. The molecule has 70 valence electrons. The van der Waals surface area contributed by atoms with Gasteiger partial charge >= 0.3 is 7.60 Å². The number of carbonyl (C=O) groups is 1. The van der Waals surface area contributed by atoms with Crippen LogP contribution >= 0.6 is 7.60 Å². The summed E-state index contributed by atoms with van der Waals surface area (Å²) >= 11 is 0. The predicted molar refractivity (Wildman–Crippen MR) is 44.0 cm³/mol. The van der Waals surface area contributed by atoms with Crippen LogP contribution in [-0.4, -0.2) is 23.4 Å². The number of rotatable bonds is 5. The maximum atomic E-state index is 11.1. The maximum absolute atomic E-state index is 11.1. The van der Waals surface area contributed by atoms with E-state index in [1.807, 2.05) is 0 Å². The predicted octanol–water partition coefficient (Wildman–Crippen LogP) is 1.19. The Balaban J connectivity index is 2.37. The van der Waals surface area contributed by atoms with Crippen molar-refractivity contribution in [3.05, 3.63) is 0 Å². The third-order valence-electron chi connectivity index (χ3n) is 1.72. The van der Waals surface area contributed by atoms with Crippen molar-refractivity contribution in [2.24, 2.45) is 5.92 Å². The van der Waals surface area contributed by atoms with E-state index in [1.165, 1.54) is 0 Å².